The molecule has 0 bridgehead atoms. The Morgan fingerprint density at radius 1 is 0.245 bits per heavy atom. The number of hydrogen-bond acceptors (Lipinski definition) is 4. The molecule has 13 aromatic carbocycles. The minimum absolute atomic E-state index is 0.136. The Hall–Kier alpha value is -11.5. The molecule has 0 radical (unpaired) electrons. The average Bonchev–Trinajstić information content (AvgIpc) is 0.776. The molecule has 19 rings (SSSR count). The first-order chi connectivity index (χ1) is 47.6. The van der Waals surface area contributed by atoms with Gasteiger partial charge in [-0.15, -0.1) is 0 Å². The zero-order chi connectivity index (χ0) is 66.4. The Kier molecular flexibility index (Phi) is 12.4. The number of aromatic nitrogens is 2. The fraction of sp³-hybridized carbons (Fsp3) is 0.0930. The first kappa shape index (κ1) is 57.9. The normalized spacial score (nSPS) is 13.7. The van der Waals surface area contributed by atoms with Crippen LogP contribution in [0.15, 0.2) is 267 Å². The van der Waals surface area contributed by atoms with Gasteiger partial charge in [0.25, 0.3) is 13.4 Å². The second-order valence-corrected chi connectivity index (χ2v) is 28.6. The lowest BCUT2D eigenvalue weighted by atomic mass is 9.30. The molecule has 0 spiro atoms. The van der Waals surface area contributed by atoms with E-state index in [9.17, 15) is 0 Å². The Balaban J connectivity index is 0.953. The summed E-state index contributed by atoms with van der Waals surface area (Å²) in [6.45, 7) is 12.3. The highest BCUT2D eigenvalue weighted by molar-refractivity contribution is 7.03. The number of fused-ring (bicyclic) bond motifs is 14. The van der Waals surface area contributed by atoms with Gasteiger partial charge in [-0.3, -0.25) is 0 Å². The Labute approximate surface area is 566 Å². The maximum absolute atomic E-state index is 18.0. The fourth-order valence-electron chi connectivity index (χ4n) is 16.6. The molecule has 98 heavy (non-hydrogen) atoms. The van der Waals surface area contributed by atoms with Crippen molar-refractivity contribution in [2.24, 2.45) is 0 Å². The molecular weight excluding hydrogens is 1210 g/mol. The standard InChI is InChI=1S/C86H62B2F4N6/c1-85(2,3)51-39-41-69-57(43-51)55-23-7-15-31-67(55)93(69)53-45-79-83-81(47-53)97(75-37-21-13-29-65(75)91)77-50-78-62(49-61(77)87(83)59-25-9-17-33-71(59)95(79)73-35-19-11-27-63(73)89)88-60-26-10-18-34-72(60)96(74-36-20-12-28-64(74)90)80-46-54(48-82(84(80)88)98(78)76-38-22-14-30-66(76)92)94-68-32-16-8-24-56(68)58-44-52(86(4,5)6)40-42-70(58)94/h7-50H,1-6H3. The quantitative estimate of drug-likeness (QED) is 0.122. The van der Waals surface area contributed by atoms with E-state index >= 15 is 17.6 Å². The molecule has 0 saturated heterocycles. The van der Waals surface area contributed by atoms with Crippen molar-refractivity contribution in [3.63, 3.8) is 0 Å². The summed E-state index contributed by atoms with van der Waals surface area (Å²) in [6.07, 6.45) is 0. The molecule has 0 unspecified atom stereocenters. The van der Waals surface area contributed by atoms with E-state index in [1.54, 1.807) is 24.3 Å². The fourth-order valence-corrected chi connectivity index (χ4v) is 16.6. The number of anilines is 12. The molecule has 0 atom stereocenters. The summed E-state index contributed by atoms with van der Waals surface area (Å²) in [6, 6.07) is 87.7. The van der Waals surface area contributed by atoms with Crippen LogP contribution in [0.25, 0.3) is 55.0 Å². The second kappa shape index (κ2) is 21.0. The van der Waals surface area contributed by atoms with Crippen molar-refractivity contribution in [1.29, 1.82) is 0 Å². The number of benzene rings is 13. The number of halogens is 4. The van der Waals surface area contributed by atoms with E-state index in [0.29, 0.717) is 45.5 Å². The molecule has 15 aromatic rings. The van der Waals surface area contributed by atoms with Crippen molar-refractivity contribution < 1.29 is 17.6 Å². The number of nitrogens with zero attached hydrogens (tertiary/aromatic N) is 6. The third kappa shape index (κ3) is 8.30. The molecule has 12 heteroatoms. The van der Waals surface area contributed by atoms with Gasteiger partial charge in [-0.1, -0.05) is 181 Å². The second-order valence-electron chi connectivity index (χ2n) is 28.6. The minimum Gasteiger partial charge on any atom is -0.309 e. The molecule has 6 heterocycles. The van der Waals surface area contributed by atoms with Crippen molar-refractivity contribution in [1.82, 2.24) is 9.13 Å². The molecule has 4 aliphatic heterocycles. The predicted octanol–water partition coefficient (Wildman–Crippen LogP) is 19.2. The summed E-state index contributed by atoms with van der Waals surface area (Å²) in [5.74, 6) is -1.71. The van der Waals surface area contributed by atoms with Crippen molar-refractivity contribution in [2.75, 3.05) is 19.6 Å². The van der Waals surface area contributed by atoms with Crippen LogP contribution < -0.4 is 52.4 Å². The molecule has 0 saturated carbocycles. The molecule has 0 amide bonds. The summed E-state index contributed by atoms with van der Waals surface area (Å²) in [7, 11) is 0. The van der Waals surface area contributed by atoms with E-state index in [4.69, 9.17) is 0 Å². The highest BCUT2D eigenvalue weighted by atomic mass is 19.1. The van der Waals surface area contributed by atoms with Crippen LogP contribution >= 0.6 is 0 Å². The van der Waals surface area contributed by atoms with Crippen LogP contribution in [-0.2, 0) is 10.8 Å². The molecular formula is C86H62B2F4N6. The van der Waals surface area contributed by atoms with E-state index in [1.165, 1.54) is 35.4 Å². The largest absolute Gasteiger partial charge is 0.309 e. The smallest absolute Gasteiger partial charge is 0.252 e. The van der Waals surface area contributed by atoms with Gasteiger partial charge >= 0.3 is 0 Å². The molecule has 0 N–H and O–H groups in total. The zero-order valence-corrected chi connectivity index (χ0v) is 54.8. The Morgan fingerprint density at radius 3 is 0.888 bits per heavy atom. The average molecular weight is 1280 g/mol. The van der Waals surface area contributed by atoms with E-state index < -0.39 is 36.7 Å². The third-order valence-corrected chi connectivity index (χ3v) is 21.0. The molecule has 0 fully saturated rings. The third-order valence-electron chi connectivity index (χ3n) is 21.0. The van der Waals surface area contributed by atoms with Gasteiger partial charge in [0, 0.05) is 67.0 Å². The van der Waals surface area contributed by atoms with Gasteiger partial charge in [-0.05, 0) is 182 Å². The summed E-state index contributed by atoms with van der Waals surface area (Å²) < 4.78 is 75.0. The molecule has 2 aromatic heterocycles. The summed E-state index contributed by atoms with van der Waals surface area (Å²) >= 11 is 0. The van der Waals surface area contributed by atoms with Crippen molar-refractivity contribution in [3.8, 4) is 11.4 Å². The number of hydrogen-bond donors (Lipinski definition) is 0. The first-order valence-electron chi connectivity index (χ1n) is 33.6. The van der Waals surface area contributed by atoms with Gasteiger partial charge in [0.05, 0.1) is 56.2 Å². The predicted molar refractivity (Wildman–Crippen MR) is 400 cm³/mol. The van der Waals surface area contributed by atoms with Gasteiger partial charge in [0.2, 0.25) is 0 Å². The van der Waals surface area contributed by atoms with Crippen LogP contribution in [-0.4, -0.2) is 22.6 Å². The topological polar surface area (TPSA) is 22.8 Å². The van der Waals surface area contributed by atoms with Crippen LogP contribution in [0.1, 0.15) is 52.7 Å². The highest BCUT2D eigenvalue weighted by Gasteiger charge is 2.50. The lowest BCUT2D eigenvalue weighted by molar-refractivity contribution is 0.591. The van der Waals surface area contributed by atoms with E-state index in [1.807, 2.05) is 82.6 Å². The first-order valence-corrected chi connectivity index (χ1v) is 33.6. The lowest BCUT2D eigenvalue weighted by Crippen LogP contribution is -2.65. The van der Waals surface area contributed by atoms with Gasteiger partial charge < -0.3 is 28.7 Å². The van der Waals surface area contributed by atoms with Crippen LogP contribution in [0, 0.1) is 23.3 Å². The van der Waals surface area contributed by atoms with E-state index in [-0.39, 0.29) is 10.8 Å². The van der Waals surface area contributed by atoms with E-state index in [2.05, 4.69) is 206 Å². The zero-order valence-electron chi connectivity index (χ0n) is 54.8. The Morgan fingerprint density at radius 2 is 0.541 bits per heavy atom. The lowest BCUT2D eigenvalue weighted by Gasteiger charge is -2.47. The van der Waals surface area contributed by atoms with Gasteiger partial charge in [-0.25, -0.2) is 17.6 Å². The SMILES string of the molecule is CC(C)(C)c1ccc2c(c1)c1ccccc1n2-c1cc2c3c(c1)N(c1ccccc1F)c1cc4c(cc1B3c1ccccc1N2c1ccccc1F)B1c2ccccc2N(c2ccccc2F)c2cc(-n3c5ccccc5c5cc(C(C)(C)C)ccc53)cc(c21)N4c1ccccc1F. The van der Waals surface area contributed by atoms with Crippen LogP contribution in [0.2, 0.25) is 0 Å². The van der Waals surface area contributed by atoms with Crippen LogP contribution in [0.4, 0.5) is 85.8 Å². The minimum atomic E-state index is -0.530. The molecule has 0 aliphatic carbocycles. The van der Waals surface area contributed by atoms with Crippen molar-refractivity contribution in [2.45, 2.75) is 52.4 Å². The van der Waals surface area contributed by atoms with Gasteiger partial charge in [0.1, 0.15) is 23.3 Å². The number of para-hydroxylation sites is 8. The maximum atomic E-state index is 18.0. The molecule has 6 nitrogen and oxygen atoms in total. The van der Waals surface area contributed by atoms with Gasteiger partial charge in [0.15, 0.2) is 0 Å². The maximum Gasteiger partial charge on any atom is 0.252 e. The molecule has 470 valence electrons. The van der Waals surface area contributed by atoms with Crippen molar-refractivity contribution in [3.05, 3.63) is 301 Å². The summed E-state index contributed by atoms with van der Waals surface area (Å²) in [5, 5.41) is 4.33. The van der Waals surface area contributed by atoms with Gasteiger partial charge in [-0.2, -0.15) is 0 Å². The van der Waals surface area contributed by atoms with Crippen molar-refractivity contribution >= 4 is 158 Å². The Bertz CT molecular complexity index is 5580. The van der Waals surface area contributed by atoms with E-state index in [0.717, 1.165) is 111 Å². The monoisotopic (exact) mass is 1280 g/mol. The summed E-state index contributed by atoms with van der Waals surface area (Å²) in [5.41, 5.74) is 20.0. The molecule has 4 aliphatic rings. The highest BCUT2D eigenvalue weighted by Crippen LogP contribution is 2.52. The number of rotatable bonds is 6. The van der Waals surface area contributed by atoms with Crippen LogP contribution in [0.3, 0.4) is 0 Å². The van der Waals surface area contributed by atoms with Crippen LogP contribution in [0.5, 0.6) is 0 Å². The summed E-state index contributed by atoms with van der Waals surface area (Å²) in [4.78, 5) is 8.21.